The summed E-state index contributed by atoms with van der Waals surface area (Å²) >= 11 is 1.67. The van der Waals surface area contributed by atoms with Gasteiger partial charge in [0.15, 0.2) is 6.61 Å². The van der Waals surface area contributed by atoms with Gasteiger partial charge in [0.05, 0.1) is 10.6 Å². The predicted molar refractivity (Wildman–Crippen MR) is 91.2 cm³/mol. The van der Waals surface area contributed by atoms with Crippen molar-refractivity contribution >= 4 is 28.2 Å². The van der Waals surface area contributed by atoms with Gasteiger partial charge in [-0.15, -0.1) is 11.3 Å². The average molecular weight is 324 g/mol. The molecule has 23 heavy (non-hydrogen) atoms. The van der Waals surface area contributed by atoms with Crippen LogP contribution in [0.5, 0.6) is 0 Å². The fraction of sp³-hybridized carbons (Fsp3) is 0.222. The van der Waals surface area contributed by atoms with Gasteiger partial charge in [-0.1, -0.05) is 17.7 Å². The first-order valence-corrected chi connectivity index (χ1v) is 8.24. The lowest BCUT2D eigenvalue weighted by Crippen LogP contribution is -2.06. The number of aromatic nitrogens is 1. The van der Waals surface area contributed by atoms with Crippen LogP contribution in [0.1, 0.15) is 17.5 Å². The minimum atomic E-state index is -0.342. The van der Waals surface area contributed by atoms with Crippen LogP contribution in [0, 0.1) is 18.3 Å². The van der Waals surface area contributed by atoms with E-state index in [2.05, 4.69) is 36.2 Å². The molecule has 0 spiro atoms. The largest absolute Gasteiger partial charge is 0.450 e. The van der Waals surface area contributed by atoms with Crippen LogP contribution in [0.4, 0.5) is 0 Å². The van der Waals surface area contributed by atoms with Crippen molar-refractivity contribution in [1.82, 2.24) is 4.98 Å². The number of aryl methyl sites for hydroxylation is 2. The van der Waals surface area contributed by atoms with Crippen LogP contribution < -0.4 is 0 Å². The molecule has 0 aliphatic carbocycles. The molecular weight excluding hydrogens is 308 g/mol. The van der Waals surface area contributed by atoms with Gasteiger partial charge in [-0.05, 0) is 42.5 Å². The van der Waals surface area contributed by atoms with Crippen LogP contribution in [0.2, 0.25) is 0 Å². The van der Waals surface area contributed by atoms with Gasteiger partial charge in [0, 0.05) is 17.3 Å². The van der Waals surface area contributed by atoms with Gasteiger partial charge in [0.25, 0.3) is 0 Å². The second kappa shape index (κ2) is 6.67. The zero-order chi connectivity index (χ0) is 16.2. The monoisotopic (exact) mass is 324 g/mol. The summed E-state index contributed by atoms with van der Waals surface area (Å²) in [5.74, 6) is -0.342. The number of nitrogens with one attached hydrogen (secondary N) is 1. The Balaban J connectivity index is 1.96. The number of nitrogens with zero attached hydrogens (tertiary/aromatic N) is 1. The Morgan fingerprint density at radius 1 is 1.39 bits per heavy atom. The molecule has 0 bridgehead atoms. The summed E-state index contributed by atoms with van der Waals surface area (Å²) < 4.78 is 4.85. The van der Waals surface area contributed by atoms with Gasteiger partial charge in [-0.25, -0.2) is 0 Å². The third-order valence-corrected chi connectivity index (χ3v) is 4.59. The van der Waals surface area contributed by atoms with Crippen molar-refractivity contribution in [3.63, 3.8) is 0 Å². The molecule has 0 amide bonds. The number of H-pyrrole nitrogens is 1. The van der Waals surface area contributed by atoms with Crippen molar-refractivity contribution in [3.8, 4) is 16.6 Å². The summed E-state index contributed by atoms with van der Waals surface area (Å²) in [6.45, 7) is 1.87. The average Bonchev–Trinajstić information content (AvgIpc) is 3.18. The van der Waals surface area contributed by atoms with Crippen molar-refractivity contribution in [2.45, 2.75) is 19.8 Å². The topological polar surface area (TPSA) is 65.9 Å². The minimum absolute atomic E-state index is 0.191. The van der Waals surface area contributed by atoms with Crippen LogP contribution in [0.3, 0.4) is 0 Å². The number of nitriles is 1. The third-order valence-electron chi connectivity index (χ3n) is 3.71. The predicted octanol–water partition coefficient (Wildman–Crippen LogP) is 4.20. The summed E-state index contributed by atoms with van der Waals surface area (Å²) in [5.41, 5.74) is 4.44. The zero-order valence-electron chi connectivity index (χ0n) is 12.8. The maximum absolute atomic E-state index is 11.7. The van der Waals surface area contributed by atoms with E-state index in [9.17, 15) is 4.79 Å². The van der Waals surface area contributed by atoms with Crippen molar-refractivity contribution in [3.05, 3.63) is 46.8 Å². The Labute approximate surface area is 138 Å². The second-order valence-electron chi connectivity index (χ2n) is 5.32. The van der Waals surface area contributed by atoms with Crippen LogP contribution in [-0.4, -0.2) is 17.6 Å². The summed E-state index contributed by atoms with van der Waals surface area (Å²) in [6.07, 6.45) is 0.849. The first-order chi connectivity index (χ1) is 11.2. The van der Waals surface area contributed by atoms with E-state index in [4.69, 9.17) is 10.00 Å². The Morgan fingerprint density at radius 2 is 2.26 bits per heavy atom. The molecule has 1 N–H and O–H groups in total. The zero-order valence-corrected chi connectivity index (χ0v) is 13.6. The number of rotatable bonds is 5. The van der Waals surface area contributed by atoms with Gasteiger partial charge in [0.2, 0.25) is 0 Å². The minimum Gasteiger partial charge on any atom is -0.450 e. The maximum atomic E-state index is 11.7. The first kappa shape index (κ1) is 15.3. The van der Waals surface area contributed by atoms with E-state index in [1.807, 2.05) is 17.5 Å². The Hall–Kier alpha value is -2.58. The van der Waals surface area contributed by atoms with Crippen molar-refractivity contribution in [1.29, 1.82) is 5.26 Å². The fourth-order valence-corrected chi connectivity index (χ4v) is 3.42. The lowest BCUT2D eigenvalue weighted by molar-refractivity contribution is -0.142. The van der Waals surface area contributed by atoms with E-state index in [-0.39, 0.29) is 19.0 Å². The number of aromatic amines is 1. The van der Waals surface area contributed by atoms with E-state index >= 15 is 0 Å². The van der Waals surface area contributed by atoms with Gasteiger partial charge in [-0.2, -0.15) is 5.26 Å². The number of esters is 1. The molecule has 0 unspecified atom stereocenters. The smallest absolute Gasteiger partial charge is 0.307 e. The molecule has 2 heterocycles. The second-order valence-corrected chi connectivity index (χ2v) is 6.27. The molecule has 0 radical (unpaired) electrons. The Bertz CT molecular complexity index is 872. The number of hydrogen-bond acceptors (Lipinski definition) is 4. The highest BCUT2D eigenvalue weighted by Crippen LogP contribution is 2.34. The molecule has 1 aromatic carbocycles. The number of carbonyl (C=O) groups is 1. The normalized spacial score (nSPS) is 10.6. The molecule has 3 rings (SSSR count). The van der Waals surface area contributed by atoms with Gasteiger partial charge in [0.1, 0.15) is 6.07 Å². The van der Waals surface area contributed by atoms with Gasteiger partial charge >= 0.3 is 5.97 Å². The third kappa shape index (κ3) is 3.27. The molecule has 0 saturated carbocycles. The van der Waals surface area contributed by atoms with E-state index < -0.39 is 0 Å². The molecule has 0 aliphatic heterocycles. The molecule has 0 saturated heterocycles. The van der Waals surface area contributed by atoms with Crippen molar-refractivity contribution < 1.29 is 9.53 Å². The molecule has 5 heteroatoms. The summed E-state index contributed by atoms with van der Waals surface area (Å²) in [4.78, 5) is 16.3. The molecule has 3 aromatic rings. The lowest BCUT2D eigenvalue weighted by Gasteiger charge is -2.04. The van der Waals surface area contributed by atoms with E-state index in [0.717, 1.165) is 27.0 Å². The quantitative estimate of drug-likeness (QED) is 0.715. The van der Waals surface area contributed by atoms with Crippen LogP contribution >= 0.6 is 11.3 Å². The maximum Gasteiger partial charge on any atom is 0.307 e. The molecule has 0 fully saturated rings. The summed E-state index contributed by atoms with van der Waals surface area (Å²) in [5, 5.41) is 11.7. The SMILES string of the molecule is Cc1ccc2[nH]c(-c3cccs3)c(CCC(=O)OCC#N)c2c1. The highest BCUT2D eigenvalue weighted by Gasteiger charge is 2.15. The highest BCUT2D eigenvalue weighted by atomic mass is 32.1. The van der Waals surface area contributed by atoms with Crippen LogP contribution in [0.25, 0.3) is 21.5 Å². The molecule has 4 nitrogen and oxygen atoms in total. The van der Waals surface area contributed by atoms with E-state index in [1.54, 1.807) is 11.3 Å². The van der Waals surface area contributed by atoms with Gasteiger partial charge in [-0.3, -0.25) is 4.79 Å². The summed E-state index contributed by atoms with van der Waals surface area (Å²) in [7, 11) is 0. The standard InChI is InChI=1S/C18H16N2O2S/c1-12-4-6-15-14(11-12)13(5-7-17(21)22-9-8-19)18(20-15)16-3-2-10-23-16/h2-4,6,10-11,20H,5,7,9H2,1H3. The van der Waals surface area contributed by atoms with Crippen LogP contribution in [-0.2, 0) is 16.0 Å². The van der Waals surface area contributed by atoms with Gasteiger partial charge < -0.3 is 9.72 Å². The Kier molecular flexibility index (Phi) is 4.45. The lowest BCUT2D eigenvalue weighted by atomic mass is 10.0. The molecular formula is C18H16N2O2S. The Morgan fingerprint density at radius 3 is 3.00 bits per heavy atom. The van der Waals surface area contributed by atoms with Crippen molar-refractivity contribution in [2.75, 3.05) is 6.61 Å². The number of benzene rings is 1. The van der Waals surface area contributed by atoms with E-state index in [0.29, 0.717) is 6.42 Å². The number of ether oxygens (including phenoxy) is 1. The van der Waals surface area contributed by atoms with Crippen LogP contribution in [0.15, 0.2) is 35.7 Å². The molecule has 2 aromatic heterocycles. The first-order valence-electron chi connectivity index (χ1n) is 7.36. The number of fused-ring (bicyclic) bond motifs is 1. The molecule has 0 atom stereocenters. The summed E-state index contributed by atoms with van der Waals surface area (Å²) in [6, 6.07) is 12.2. The number of hydrogen-bond donors (Lipinski definition) is 1. The van der Waals surface area contributed by atoms with E-state index in [1.165, 1.54) is 5.56 Å². The number of thiophene rings is 1. The molecule has 0 aliphatic rings. The number of carbonyl (C=O) groups excluding carboxylic acids is 1. The highest BCUT2D eigenvalue weighted by molar-refractivity contribution is 7.13. The fourth-order valence-electron chi connectivity index (χ4n) is 2.66. The molecule has 116 valence electrons. The van der Waals surface area contributed by atoms with Crippen molar-refractivity contribution in [2.24, 2.45) is 0 Å².